The van der Waals surface area contributed by atoms with Crippen molar-refractivity contribution < 1.29 is 13.9 Å². The number of fused-ring (bicyclic) bond motifs is 4. The van der Waals surface area contributed by atoms with Gasteiger partial charge in [0.05, 0.1) is 6.54 Å². The molecule has 156 valence electrons. The van der Waals surface area contributed by atoms with Gasteiger partial charge in [-0.1, -0.05) is 84.6 Å². The molecule has 0 aromatic heterocycles. The smallest absolute Gasteiger partial charge is 0.407 e. The summed E-state index contributed by atoms with van der Waals surface area (Å²) in [5, 5.41) is 3.96. The summed E-state index contributed by atoms with van der Waals surface area (Å²) in [5.74, 6) is 5.67. The molecule has 0 bridgehead atoms. The molecule has 0 spiro atoms. The van der Waals surface area contributed by atoms with Crippen molar-refractivity contribution in [1.82, 2.24) is 5.32 Å². The zero-order chi connectivity index (χ0) is 21.9. The molecule has 1 aliphatic carbocycles. The molecule has 4 aromatic rings. The van der Waals surface area contributed by atoms with Crippen LogP contribution in [0.5, 0.6) is 0 Å². The monoisotopic (exact) mass is 421 g/mol. The SMILES string of the molecule is O=C(NCC#Cc1ccc(F)c2ccccc12)OCC1c2ccccc2-c2ccccc21. The number of hydrogen-bond donors (Lipinski definition) is 1. The number of ether oxygens (including phenoxy) is 1. The van der Waals surface area contributed by atoms with E-state index in [1.807, 2.05) is 36.4 Å². The lowest BCUT2D eigenvalue weighted by Crippen LogP contribution is -2.26. The molecule has 1 amide bonds. The number of alkyl carbamates (subject to hydrolysis) is 1. The number of hydrogen-bond acceptors (Lipinski definition) is 2. The zero-order valence-corrected chi connectivity index (χ0v) is 17.3. The summed E-state index contributed by atoms with van der Waals surface area (Å²) >= 11 is 0. The molecule has 0 fully saturated rings. The van der Waals surface area contributed by atoms with Gasteiger partial charge in [0.15, 0.2) is 0 Å². The Morgan fingerprint density at radius 1 is 0.844 bits per heavy atom. The Balaban J connectivity index is 1.22. The minimum Gasteiger partial charge on any atom is -0.449 e. The van der Waals surface area contributed by atoms with Crippen molar-refractivity contribution in [3.05, 3.63) is 107 Å². The topological polar surface area (TPSA) is 38.3 Å². The van der Waals surface area contributed by atoms with E-state index < -0.39 is 6.09 Å². The summed E-state index contributed by atoms with van der Waals surface area (Å²) in [5.41, 5.74) is 5.44. The Kier molecular flexibility index (Phi) is 5.31. The third-order valence-corrected chi connectivity index (χ3v) is 5.76. The van der Waals surface area contributed by atoms with Gasteiger partial charge < -0.3 is 10.1 Å². The van der Waals surface area contributed by atoms with Crippen molar-refractivity contribution in [2.75, 3.05) is 13.2 Å². The minimum atomic E-state index is -0.509. The van der Waals surface area contributed by atoms with Crippen LogP contribution in [0.2, 0.25) is 0 Å². The van der Waals surface area contributed by atoms with Crippen LogP contribution in [0.15, 0.2) is 84.9 Å². The Morgan fingerprint density at radius 2 is 1.47 bits per heavy atom. The van der Waals surface area contributed by atoms with Gasteiger partial charge in [0, 0.05) is 22.3 Å². The van der Waals surface area contributed by atoms with Crippen LogP contribution in [0.25, 0.3) is 21.9 Å². The standard InChI is InChI=1S/C28H20FNO2/c29-27-16-15-19(20-9-1-6-14-25(20)27)8-7-17-30-28(31)32-18-26-23-12-4-2-10-21(23)22-11-3-5-13-24(22)26/h1-6,9-16,26H,17-18H2,(H,30,31). The van der Waals surface area contributed by atoms with Gasteiger partial charge in [-0.3, -0.25) is 0 Å². The highest BCUT2D eigenvalue weighted by molar-refractivity contribution is 5.88. The predicted molar refractivity (Wildman–Crippen MR) is 124 cm³/mol. The molecule has 1 aliphatic rings. The molecule has 0 saturated heterocycles. The molecule has 0 heterocycles. The van der Waals surface area contributed by atoms with Gasteiger partial charge in [0.25, 0.3) is 0 Å². The third-order valence-electron chi connectivity index (χ3n) is 5.76. The molecular weight excluding hydrogens is 401 g/mol. The van der Waals surface area contributed by atoms with Crippen molar-refractivity contribution in [2.24, 2.45) is 0 Å². The fourth-order valence-electron chi connectivity index (χ4n) is 4.28. The zero-order valence-electron chi connectivity index (χ0n) is 17.3. The van der Waals surface area contributed by atoms with Crippen LogP contribution < -0.4 is 5.32 Å². The van der Waals surface area contributed by atoms with Gasteiger partial charge >= 0.3 is 6.09 Å². The summed E-state index contributed by atoms with van der Waals surface area (Å²) in [6.45, 7) is 0.401. The highest BCUT2D eigenvalue weighted by atomic mass is 19.1. The van der Waals surface area contributed by atoms with Gasteiger partial charge in [-0.25, -0.2) is 9.18 Å². The van der Waals surface area contributed by atoms with Crippen LogP contribution >= 0.6 is 0 Å². The Labute approximate surface area is 185 Å². The lowest BCUT2D eigenvalue weighted by molar-refractivity contribution is 0.144. The van der Waals surface area contributed by atoms with E-state index in [9.17, 15) is 9.18 Å². The third kappa shape index (κ3) is 3.70. The molecular formula is C28H20FNO2. The molecule has 0 aliphatic heterocycles. The van der Waals surface area contributed by atoms with E-state index in [1.165, 1.54) is 28.3 Å². The molecule has 0 saturated carbocycles. The summed E-state index contributed by atoms with van der Waals surface area (Å²) in [6, 6.07) is 26.7. The average molecular weight is 421 g/mol. The highest BCUT2D eigenvalue weighted by Crippen LogP contribution is 2.44. The molecule has 1 N–H and O–H groups in total. The maximum absolute atomic E-state index is 13.9. The van der Waals surface area contributed by atoms with Crippen molar-refractivity contribution in [1.29, 1.82) is 0 Å². The summed E-state index contributed by atoms with van der Waals surface area (Å²) < 4.78 is 19.4. The van der Waals surface area contributed by atoms with Gasteiger partial charge in [0.1, 0.15) is 12.4 Å². The Bertz CT molecular complexity index is 1340. The molecule has 0 radical (unpaired) electrons. The number of amides is 1. The van der Waals surface area contributed by atoms with Gasteiger partial charge in [-0.2, -0.15) is 0 Å². The van der Waals surface area contributed by atoms with E-state index in [1.54, 1.807) is 18.2 Å². The Hall–Kier alpha value is -4.10. The van der Waals surface area contributed by atoms with Crippen LogP contribution in [0.3, 0.4) is 0 Å². The summed E-state index contributed by atoms with van der Waals surface area (Å²) in [4.78, 5) is 12.2. The fourth-order valence-corrected chi connectivity index (χ4v) is 4.28. The number of benzene rings is 4. The minimum absolute atomic E-state index is 0.0183. The Morgan fingerprint density at radius 3 is 2.19 bits per heavy atom. The van der Waals surface area contributed by atoms with E-state index in [2.05, 4.69) is 41.4 Å². The largest absolute Gasteiger partial charge is 0.449 e. The number of rotatable bonds is 3. The lowest BCUT2D eigenvalue weighted by atomic mass is 9.98. The van der Waals surface area contributed by atoms with Gasteiger partial charge in [-0.05, 0) is 34.4 Å². The average Bonchev–Trinajstić information content (AvgIpc) is 3.16. The van der Waals surface area contributed by atoms with E-state index >= 15 is 0 Å². The van der Waals surface area contributed by atoms with Gasteiger partial charge in [-0.15, -0.1) is 0 Å². The van der Waals surface area contributed by atoms with Crippen LogP contribution in [-0.4, -0.2) is 19.2 Å². The molecule has 0 atom stereocenters. The fraction of sp³-hybridized carbons (Fsp3) is 0.107. The van der Waals surface area contributed by atoms with E-state index in [0.717, 1.165) is 10.9 Å². The first-order chi connectivity index (χ1) is 15.7. The van der Waals surface area contributed by atoms with Crippen LogP contribution in [0.1, 0.15) is 22.6 Å². The van der Waals surface area contributed by atoms with Crippen molar-refractivity contribution in [2.45, 2.75) is 5.92 Å². The molecule has 4 aromatic carbocycles. The second-order valence-electron chi connectivity index (χ2n) is 7.62. The first-order valence-electron chi connectivity index (χ1n) is 10.5. The number of carbonyl (C=O) groups is 1. The maximum atomic E-state index is 13.9. The first-order valence-corrected chi connectivity index (χ1v) is 10.5. The first kappa shape index (κ1) is 19.8. The number of carbonyl (C=O) groups excluding carboxylic acids is 1. The quantitative estimate of drug-likeness (QED) is 0.420. The van der Waals surface area contributed by atoms with E-state index in [0.29, 0.717) is 5.39 Å². The van der Waals surface area contributed by atoms with Crippen LogP contribution in [0, 0.1) is 17.7 Å². The van der Waals surface area contributed by atoms with Gasteiger partial charge in [0.2, 0.25) is 0 Å². The van der Waals surface area contributed by atoms with Crippen molar-refractivity contribution in [3.63, 3.8) is 0 Å². The van der Waals surface area contributed by atoms with E-state index in [4.69, 9.17) is 4.74 Å². The maximum Gasteiger partial charge on any atom is 0.407 e. The molecule has 0 unspecified atom stereocenters. The number of halogens is 1. The molecule has 3 nitrogen and oxygen atoms in total. The van der Waals surface area contributed by atoms with Crippen LogP contribution in [-0.2, 0) is 4.74 Å². The number of nitrogens with one attached hydrogen (secondary N) is 1. The van der Waals surface area contributed by atoms with Crippen LogP contribution in [0.4, 0.5) is 9.18 Å². The summed E-state index contributed by atoms with van der Waals surface area (Å²) in [7, 11) is 0. The van der Waals surface area contributed by atoms with Crippen molar-refractivity contribution >= 4 is 16.9 Å². The normalized spacial score (nSPS) is 11.9. The molecule has 32 heavy (non-hydrogen) atoms. The highest BCUT2D eigenvalue weighted by Gasteiger charge is 2.28. The molecule has 4 heteroatoms. The van der Waals surface area contributed by atoms with Crippen molar-refractivity contribution in [3.8, 4) is 23.0 Å². The predicted octanol–water partition coefficient (Wildman–Crippen LogP) is 5.87. The van der Waals surface area contributed by atoms with E-state index in [-0.39, 0.29) is 24.9 Å². The lowest BCUT2D eigenvalue weighted by Gasteiger charge is -2.14. The second kappa shape index (κ2) is 8.56. The summed E-state index contributed by atoms with van der Waals surface area (Å²) in [6.07, 6.45) is -0.509. The second-order valence-corrected chi connectivity index (χ2v) is 7.62. The molecule has 5 rings (SSSR count).